The molecule has 2 rings (SSSR count). The number of cyclic esters (lactones) is 1. The van der Waals surface area contributed by atoms with Crippen molar-refractivity contribution in [1.82, 2.24) is 4.90 Å². The summed E-state index contributed by atoms with van der Waals surface area (Å²) in [5, 5.41) is 0. The Balaban J connectivity index is 2.30. The number of carbonyl (C=O) groups is 1. The van der Waals surface area contributed by atoms with E-state index in [0.29, 0.717) is 5.56 Å². The largest absolute Gasteiger partial charge is 0.447 e. The van der Waals surface area contributed by atoms with Gasteiger partial charge in [-0.2, -0.15) is 0 Å². The molecule has 3 nitrogen and oxygen atoms in total. The van der Waals surface area contributed by atoms with Gasteiger partial charge in [0.1, 0.15) is 6.61 Å². The van der Waals surface area contributed by atoms with Crippen LogP contribution in [0.5, 0.6) is 0 Å². The Kier molecular flexibility index (Phi) is 2.30. The lowest BCUT2D eigenvalue weighted by atomic mass is 10.1. The summed E-state index contributed by atoms with van der Waals surface area (Å²) in [6.07, 6.45) is -0.454. The Morgan fingerprint density at radius 3 is 2.67 bits per heavy atom. The summed E-state index contributed by atoms with van der Waals surface area (Å²) < 4.78 is 30.4. The molecule has 80 valence electrons. The molecule has 0 aromatic heterocycles. The zero-order valence-corrected chi connectivity index (χ0v) is 8.04. The van der Waals surface area contributed by atoms with Crippen LogP contribution in [-0.4, -0.2) is 24.6 Å². The van der Waals surface area contributed by atoms with Gasteiger partial charge in [0.05, 0.1) is 6.04 Å². The number of hydrogen-bond acceptors (Lipinski definition) is 2. The van der Waals surface area contributed by atoms with E-state index in [0.717, 1.165) is 12.1 Å². The van der Waals surface area contributed by atoms with E-state index in [1.807, 2.05) is 0 Å². The topological polar surface area (TPSA) is 29.5 Å². The lowest BCUT2D eigenvalue weighted by Gasteiger charge is -2.16. The first-order valence-electron chi connectivity index (χ1n) is 4.44. The number of nitrogens with zero attached hydrogens (tertiary/aromatic N) is 1. The Hall–Kier alpha value is -1.65. The number of halogens is 2. The molecule has 5 heteroatoms. The van der Waals surface area contributed by atoms with Gasteiger partial charge in [0.2, 0.25) is 0 Å². The molecule has 1 fully saturated rings. The first-order chi connectivity index (χ1) is 7.09. The quantitative estimate of drug-likeness (QED) is 0.714. The van der Waals surface area contributed by atoms with Crippen LogP contribution in [0.15, 0.2) is 18.2 Å². The zero-order valence-electron chi connectivity index (χ0n) is 8.04. The summed E-state index contributed by atoms with van der Waals surface area (Å²) >= 11 is 0. The maximum Gasteiger partial charge on any atom is 0.410 e. The second-order valence-electron chi connectivity index (χ2n) is 3.38. The molecule has 1 aliphatic heterocycles. The summed E-state index contributed by atoms with van der Waals surface area (Å²) in [6, 6.07) is 3.23. The molecule has 1 atom stereocenters. The normalized spacial score (nSPS) is 20.6. The van der Waals surface area contributed by atoms with E-state index in [4.69, 9.17) is 4.74 Å². The van der Waals surface area contributed by atoms with Crippen molar-refractivity contribution >= 4 is 6.09 Å². The van der Waals surface area contributed by atoms with Crippen LogP contribution in [0.4, 0.5) is 13.6 Å². The predicted octanol–water partition coefficient (Wildman–Crippen LogP) is 2.09. The monoisotopic (exact) mass is 213 g/mol. The molecule has 0 radical (unpaired) electrons. The smallest absolute Gasteiger partial charge is 0.410 e. The number of rotatable bonds is 1. The van der Waals surface area contributed by atoms with Crippen molar-refractivity contribution in [3.8, 4) is 0 Å². The van der Waals surface area contributed by atoms with E-state index in [1.54, 1.807) is 7.05 Å². The SMILES string of the molecule is CN1C(=O)OC[C@@H]1c1ccc(F)c(F)c1. The van der Waals surface area contributed by atoms with Crippen LogP contribution in [0, 0.1) is 11.6 Å². The molecule has 0 aliphatic carbocycles. The second-order valence-corrected chi connectivity index (χ2v) is 3.38. The van der Waals surface area contributed by atoms with Crippen LogP contribution in [0.25, 0.3) is 0 Å². The first kappa shape index (κ1) is 9.89. The molecule has 0 spiro atoms. The third-order valence-electron chi connectivity index (χ3n) is 2.45. The van der Waals surface area contributed by atoms with Gasteiger partial charge in [-0.1, -0.05) is 6.07 Å². The number of carbonyl (C=O) groups excluding carboxylic acids is 1. The minimum Gasteiger partial charge on any atom is -0.447 e. The highest BCUT2D eigenvalue weighted by Crippen LogP contribution is 2.26. The molecule has 0 bridgehead atoms. The molecule has 1 aromatic rings. The standard InChI is InChI=1S/C10H9F2NO2/c1-13-9(5-15-10(13)14)6-2-3-7(11)8(12)4-6/h2-4,9H,5H2,1H3/t9-/m1/s1. The summed E-state index contributed by atoms with van der Waals surface area (Å²) in [7, 11) is 1.56. The van der Waals surface area contributed by atoms with Crippen molar-refractivity contribution < 1.29 is 18.3 Å². The van der Waals surface area contributed by atoms with Crippen LogP contribution in [0.3, 0.4) is 0 Å². The van der Waals surface area contributed by atoms with Crippen molar-refractivity contribution in [2.45, 2.75) is 6.04 Å². The van der Waals surface area contributed by atoms with E-state index in [2.05, 4.69) is 0 Å². The van der Waals surface area contributed by atoms with Gasteiger partial charge in [-0.05, 0) is 17.7 Å². The van der Waals surface area contributed by atoms with Gasteiger partial charge in [-0.3, -0.25) is 0 Å². The Morgan fingerprint density at radius 2 is 2.13 bits per heavy atom. The van der Waals surface area contributed by atoms with Crippen molar-refractivity contribution in [2.75, 3.05) is 13.7 Å². The fourth-order valence-electron chi connectivity index (χ4n) is 1.53. The molecule has 1 saturated heterocycles. The van der Waals surface area contributed by atoms with Crippen LogP contribution in [0.1, 0.15) is 11.6 Å². The van der Waals surface area contributed by atoms with Gasteiger partial charge in [0.25, 0.3) is 0 Å². The highest BCUT2D eigenvalue weighted by atomic mass is 19.2. The van der Waals surface area contributed by atoms with Gasteiger partial charge in [-0.15, -0.1) is 0 Å². The molecule has 1 heterocycles. The highest BCUT2D eigenvalue weighted by Gasteiger charge is 2.31. The third kappa shape index (κ3) is 1.65. The molecular weight excluding hydrogens is 204 g/mol. The van der Waals surface area contributed by atoms with E-state index in [9.17, 15) is 13.6 Å². The van der Waals surface area contributed by atoms with Crippen molar-refractivity contribution in [1.29, 1.82) is 0 Å². The van der Waals surface area contributed by atoms with Crippen LogP contribution in [0.2, 0.25) is 0 Å². The number of benzene rings is 1. The Morgan fingerprint density at radius 1 is 1.40 bits per heavy atom. The van der Waals surface area contributed by atoms with E-state index in [1.165, 1.54) is 11.0 Å². The van der Waals surface area contributed by atoms with Crippen LogP contribution < -0.4 is 0 Å². The second kappa shape index (κ2) is 3.49. The van der Waals surface area contributed by atoms with Gasteiger partial charge in [0.15, 0.2) is 11.6 Å². The minimum absolute atomic E-state index is 0.167. The molecular formula is C10H9F2NO2. The predicted molar refractivity (Wildman–Crippen MR) is 48.2 cm³/mol. The van der Waals surface area contributed by atoms with Gasteiger partial charge >= 0.3 is 6.09 Å². The number of hydrogen-bond donors (Lipinski definition) is 0. The number of ether oxygens (including phenoxy) is 1. The van der Waals surface area contributed by atoms with Crippen LogP contribution >= 0.6 is 0 Å². The van der Waals surface area contributed by atoms with E-state index >= 15 is 0 Å². The number of likely N-dealkylation sites (N-methyl/N-ethyl adjacent to an activating group) is 1. The van der Waals surface area contributed by atoms with Crippen LogP contribution in [-0.2, 0) is 4.74 Å². The average molecular weight is 213 g/mol. The molecule has 0 unspecified atom stereocenters. The lowest BCUT2D eigenvalue weighted by Crippen LogP contribution is -2.22. The summed E-state index contributed by atoms with van der Waals surface area (Å²) in [4.78, 5) is 12.4. The fraction of sp³-hybridized carbons (Fsp3) is 0.300. The van der Waals surface area contributed by atoms with Crippen molar-refractivity contribution in [2.24, 2.45) is 0 Å². The Bertz CT molecular complexity index is 408. The highest BCUT2D eigenvalue weighted by molar-refractivity contribution is 5.70. The third-order valence-corrected chi connectivity index (χ3v) is 2.45. The van der Waals surface area contributed by atoms with E-state index in [-0.39, 0.29) is 12.6 Å². The maximum absolute atomic E-state index is 12.9. The zero-order chi connectivity index (χ0) is 11.0. The van der Waals surface area contributed by atoms with Gasteiger partial charge in [0, 0.05) is 7.05 Å². The van der Waals surface area contributed by atoms with Crippen molar-refractivity contribution in [3.05, 3.63) is 35.4 Å². The van der Waals surface area contributed by atoms with Gasteiger partial charge < -0.3 is 9.64 Å². The molecule has 0 saturated carbocycles. The molecule has 1 amide bonds. The fourth-order valence-corrected chi connectivity index (χ4v) is 1.53. The molecule has 1 aromatic carbocycles. The molecule has 0 N–H and O–H groups in total. The lowest BCUT2D eigenvalue weighted by molar-refractivity contribution is 0.163. The van der Waals surface area contributed by atoms with E-state index < -0.39 is 17.7 Å². The molecule has 1 aliphatic rings. The number of amides is 1. The summed E-state index contributed by atoms with van der Waals surface area (Å²) in [5.74, 6) is -1.81. The summed E-state index contributed by atoms with van der Waals surface area (Å²) in [5.41, 5.74) is 0.530. The Labute approximate surface area is 85.3 Å². The van der Waals surface area contributed by atoms with Gasteiger partial charge in [-0.25, -0.2) is 13.6 Å². The molecule has 15 heavy (non-hydrogen) atoms. The first-order valence-corrected chi connectivity index (χ1v) is 4.44. The van der Waals surface area contributed by atoms with Crippen molar-refractivity contribution in [3.63, 3.8) is 0 Å². The maximum atomic E-state index is 12.9. The minimum atomic E-state index is -0.916. The average Bonchev–Trinajstić information content (AvgIpc) is 2.53. The summed E-state index contributed by atoms with van der Waals surface area (Å²) in [6.45, 7) is 0.167.